The number of thioether (sulfide) groups is 1. The molecule has 2 aromatic heterocycles. The molecule has 9 nitrogen and oxygen atoms in total. The lowest BCUT2D eigenvalue weighted by Crippen LogP contribution is -2.39. The van der Waals surface area contributed by atoms with E-state index in [1.807, 2.05) is 18.2 Å². The van der Waals surface area contributed by atoms with Crippen LogP contribution in [0.5, 0.6) is 0 Å². The molecule has 4 rings (SSSR count). The summed E-state index contributed by atoms with van der Waals surface area (Å²) in [4.78, 5) is 24.9. The fourth-order valence-electron chi connectivity index (χ4n) is 3.28. The van der Waals surface area contributed by atoms with Crippen molar-refractivity contribution >= 4 is 68.8 Å². The van der Waals surface area contributed by atoms with Gasteiger partial charge < -0.3 is 20.8 Å². The summed E-state index contributed by atoms with van der Waals surface area (Å²) < 4.78 is 2.74. The Morgan fingerprint density at radius 1 is 1.33 bits per heavy atom. The molecule has 2 unspecified atom stereocenters. The number of aliphatic hydroxyl groups excluding tert-OH is 2. The number of halogens is 2. The second-order valence-corrected chi connectivity index (χ2v) is 9.54. The van der Waals surface area contributed by atoms with Gasteiger partial charge >= 0.3 is 0 Å². The van der Waals surface area contributed by atoms with Gasteiger partial charge in [-0.1, -0.05) is 12.1 Å². The van der Waals surface area contributed by atoms with E-state index in [-0.39, 0.29) is 11.2 Å². The summed E-state index contributed by atoms with van der Waals surface area (Å²) in [5.74, 6) is 0.106. The Balaban J connectivity index is 1.64. The van der Waals surface area contributed by atoms with Crippen LogP contribution in [0.4, 0.5) is 5.82 Å². The molecule has 0 aliphatic carbocycles. The van der Waals surface area contributed by atoms with Gasteiger partial charge in [-0.3, -0.25) is 9.36 Å². The summed E-state index contributed by atoms with van der Waals surface area (Å²) in [6, 6.07) is 8.04. The van der Waals surface area contributed by atoms with Crippen LogP contribution < -0.4 is 10.6 Å². The van der Waals surface area contributed by atoms with E-state index in [0.717, 1.165) is 20.9 Å². The summed E-state index contributed by atoms with van der Waals surface area (Å²) in [5, 5.41) is 25.1. The highest BCUT2D eigenvalue weighted by molar-refractivity contribution is 14.1. The molecule has 0 spiro atoms. The van der Waals surface area contributed by atoms with E-state index in [2.05, 4.69) is 54.2 Å². The number of rotatable bonds is 5. The molecule has 3 heterocycles. The topological polar surface area (TPSA) is 125 Å². The number of hydrogen-bond acceptors (Lipinski definition) is 8. The largest absolute Gasteiger partial charge is 0.389 e. The molecule has 1 saturated heterocycles. The lowest BCUT2D eigenvalue weighted by Gasteiger charge is -2.17. The predicted octanol–water partition coefficient (Wildman–Crippen LogP) is 1.78. The van der Waals surface area contributed by atoms with Crippen molar-refractivity contribution in [1.29, 1.82) is 0 Å². The van der Waals surface area contributed by atoms with Crippen LogP contribution in [0, 0.1) is 3.57 Å². The first-order valence-corrected chi connectivity index (χ1v) is 11.4. The van der Waals surface area contributed by atoms with Crippen molar-refractivity contribution in [1.82, 2.24) is 24.8 Å². The third kappa shape index (κ3) is 4.08. The second-order valence-electron chi connectivity index (χ2n) is 6.69. The van der Waals surface area contributed by atoms with E-state index in [9.17, 15) is 15.0 Å². The molecule has 1 aliphatic rings. The molecular weight excluding hydrogens is 543 g/mol. The normalized spacial score (nSPS) is 23.6. The highest BCUT2D eigenvalue weighted by Crippen LogP contribution is 2.43. The second kappa shape index (κ2) is 8.83. The van der Waals surface area contributed by atoms with Crippen molar-refractivity contribution in [3.8, 4) is 0 Å². The van der Waals surface area contributed by atoms with Crippen LogP contribution in [0.25, 0.3) is 11.2 Å². The van der Waals surface area contributed by atoms with Crippen LogP contribution in [0.15, 0.2) is 30.6 Å². The molecule has 12 heteroatoms. The number of benzene rings is 1. The number of aromatic nitrogens is 4. The standard InChI is InChI=1S/C18H18ClIN6O3S/c1-21-16(29)13-11(27)12(28)17(30-13)26-7-23-10-14(24-18(19)25-15(10)26)22-6-8-3-2-4-9(20)5-8/h2-5,7,11-13,17,27-28H,6H2,1H3,(H,21,29)(H,22,24,25)/t11?,12?,13-,17+/m0/s1. The SMILES string of the molecule is CNC(=O)[C@H]1S[C@@H](n2cnc3c(NCc4cccc(I)c4)nc(Cl)nc32)C(O)C1O. The zero-order valence-corrected chi connectivity index (χ0v) is 19.4. The van der Waals surface area contributed by atoms with E-state index in [1.165, 1.54) is 13.4 Å². The van der Waals surface area contributed by atoms with Gasteiger partial charge in [0.05, 0.1) is 6.33 Å². The third-order valence-electron chi connectivity index (χ3n) is 4.76. The molecule has 1 fully saturated rings. The maximum Gasteiger partial charge on any atom is 0.235 e. The van der Waals surface area contributed by atoms with Crippen LogP contribution in [0.1, 0.15) is 10.9 Å². The maximum atomic E-state index is 12.0. The first kappa shape index (κ1) is 21.6. The molecule has 4 N–H and O–H groups in total. The van der Waals surface area contributed by atoms with Gasteiger partial charge in [0.1, 0.15) is 22.8 Å². The number of carbonyl (C=O) groups excluding carboxylic acids is 1. The van der Waals surface area contributed by atoms with E-state index in [1.54, 1.807) is 4.57 Å². The average molecular weight is 561 g/mol. The van der Waals surface area contributed by atoms with Crippen LogP contribution >= 0.6 is 46.0 Å². The summed E-state index contributed by atoms with van der Waals surface area (Å²) in [6.45, 7) is 0.518. The lowest BCUT2D eigenvalue weighted by atomic mass is 10.1. The number of imidazole rings is 1. The number of anilines is 1. The van der Waals surface area contributed by atoms with Crippen molar-refractivity contribution in [3.63, 3.8) is 0 Å². The first-order valence-electron chi connectivity index (χ1n) is 9.00. The maximum absolute atomic E-state index is 12.0. The molecule has 0 saturated carbocycles. The van der Waals surface area contributed by atoms with Gasteiger partial charge in [-0.15, -0.1) is 11.8 Å². The number of fused-ring (bicyclic) bond motifs is 1. The third-order valence-corrected chi connectivity index (χ3v) is 7.17. The van der Waals surface area contributed by atoms with Crippen LogP contribution in [-0.4, -0.2) is 60.1 Å². The first-order chi connectivity index (χ1) is 14.4. The highest BCUT2D eigenvalue weighted by atomic mass is 127. The number of amides is 1. The van der Waals surface area contributed by atoms with Gasteiger partial charge in [0.15, 0.2) is 17.0 Å². The van der Waals surface area contributed by atoms with Crippen molar-refractivity contribution in [2.45, 2.75) is 29.4 Å². The molecular formula is C18H18ClIN6O3S. The van der Waals surface area contributed by atoms with Crippen molar-refractivity contribution < 1.29 is 15.0 Å². The van der Waals surface area contributed by atoms with E-state index in [4.69, 9.17) is 11.6 Å². The predicted molar refractivity (Wildman–Crippen MR) is 123 cm³/mol. The van der Waals surface area contributed by atoms with E-state index < -0.39 is 22.8 Å². The fraction of sp³-hybridized carbons (Fsp3) is 0.333. The molecule has 1 amide bonds. The Morgan fingerprint density at radius 2 is 2.13 bits per heavy atom. The minimum atomic E-state index is -1.21. The molecule has 3 aromatic rings. The van der Waals surface area contributed by atoms with Gasteiger partial charge in [-0.25, -0.2) is 4.98 Å². The van der Waals surface area contributed by atoms with Gasteiger partial charge in [-0.2, -0.15) is 9.97 Å². The Kier molecular flexibility index (Phi) is 6.34. The molecule has 0 radical (unpaired) electrons. The van der Waals surface area contributed by atoms with Gasteiger partial charge in [0.25, 0.3) is 0 Å². The molecule has 0 bridgehead atoms. The molecule has 30 heavy (non-hydrogen) atoms. The summed E-state index contributed by atoms with van der Waals surface area (Å²) in [7, 11) is 1.49. The number of nitrogens with one attached hydrogen (secondary N) is 2. The number of carbonyl (C=O) groups is 1. The lowest BCUT2D eigenvalue weighted by molar-refractivity contribution is -0.122. The van der Waals surface area contributed by atoms with Crippen LogP contribution in [-0.2, 0) is 11.3 Å². The van der Waals surface area contributed by atoms with Crippen LogP contribution in [0.3, 0.4) is 0 Å². The Labute approximate surface area is 194 Å². The van der Waals surface area contributed by atoms with Crippen molar-refractivity contribution in [3.05, 3.63) is 45.0 Å². The van der Waals surface area contributed by atoms with Gasteiger partial charge in [-0.05, 0) is 51.9 Å². The van der Waals surface area contributed by atoms with Gasteiger partial charge in [0, 0.05) is 17.2 Å². The number of aliphatic hydroxyl groups is 2. The van der Waals surface area contributed by atoms with Crippen molar-refractivity contribution in [2.24, 2.45) is 0 Å². The zero-order chi connectivity index (χ0) is 21.4. The number of hydrogen-bond donors (Lipinski definition) is 4. The molecule has 1 aliphatic heterocycles. The monoisotopic (exact) mass is 560 g/mol. The Hall–Kier alpha value is -1.67. The fourth-order valence-corrected chi connectivity index (χ4v) is 5.52. The zero-order valence-electron chi connectivity index (χ0n) is 15.7. The van der Waals surface area contributed by atoms with E-state index >= 15 is 0 Å². The molecule has 1 aromatic carbocycles. The van der Waals surface area contributed by atoms with Crippen LogP contribution in [0.2, 0.25) is 5.28 Å². The van der Waals surface area contributed by atoms with E-state index in [0.29, 0.717) is 23.5 Å². The minimum Gasteiger partial charge on any atom is -0.389 e. The summed E-state index contributed by atoms with van der Waals surface area (Å²) in [6.07, 6.45) is -0.884. The smallest absolute Gasteiger partial charge is 0.235 e. The highest BCUT2D eigenvalue weighted by Gasteiger charge is 2.47. The Morgan fingerprint density at radius 3 is 2.87 bits per heavy atom. The average Bonchev–Trinajstić information content (AvgIpc) is 3.27. The molecule has 4 atom stereocenters. The number of nitrogens with zero attached hydrogens (tertiary/aromatic N) is 4. The summed E-state index contributed by atoms with van der Waals surface area (Å²) in [5.41, 5.74) is 1.96. The van der Waals surface area contributed by atoms with Gasteiger partial charge in [0.2, 0.25) is 11.2 Å². The summed E-state index contributed by atoms with van der Waals surface area (Å²) >= 11 is 9.54. The minimum absolute atomic E-state index is 0.0234. The Bertz CT molecular complexity index is 1100. The molecule has 158 valence electrons. The van der Waals surface area contributed by atoms with Crippen molar-refractivity contribution in [2.75, 3.05) is 12.4 Å². The quantitative estimate of drug-likeness (QED) is 0.275.